The summed E-state index contributed by atoms with van der Waals surface area (Å²) < 4.78 is 5.15. The number of rotatable bonds is 4. The van der Waals surface area contributed by atoms with E-state index < -0.39 is 0 Å². The number of hydrogen-bond acceptors (Lipinski definition) is 5. The Morgan fingerprint density at radius 2 is 1.96 bits per heavy atom. The molecule has 0 aliphatic carbocycles. The third kappa shape index (κ3) is 3.37. The minimum Gasteiger partial charge on any atom is -0.497 e. The Morgan fingerprint density at radius 1 is 1.17 bits per heavy atom. The van der Waals surface area contributed by atoms with Crippen LogP contribution < -0.4 is 10.1 Å². The van der Waals surface area contributed by atoms with Crippen LogP contribution in [0.1, 0.15) is 15.4 Å². The molecule has 1 amide bonds. The number of carbonyl (C=O) groups is 1. The predicted molar refractivity (Wildman–Crippen MR) is 91.0 cm³/mol. The van der Waals surface area contributed by atoms with Crippen molar-refractivity contribution in [2.75, 3.05) is 12.4 Å². The Kier molecular flexibility index (Phi) is 4.34. The van der Waals surface area contributed by atoms with Gasteiger partial charge in [-0.15, -0.1) is 11.3 Å². The highest BCUT2D eigenvalue weighted by Crippen LogP contribution is 2.29. The van der Waals surface area contributed by atoms with Crippen LogP contribution in [0.3, 0.4) is 0 Å². The maximum absolute atomic E-state index is 12.4. The lowest BCUT2D eigenvalue weighted by Gasteiger charge is -2.02. The van der Waals surface area contributed by atoms with Crippen LogP contribution in [0.2, 0.25) is 0 Å². The summed E-state index contributed by atoms with van der Waals surface area (Å²) in [5.74, 6) is 1.12. The molecule has 116 valence electrons. The van der Waals surface area contributed by atoms with Gasteiger partial charge in [0, 0.05) is 11.8 Å². The topological polar surface area (TPSA) is 64.1 Å². The smallest absolute Gasteiger partial charge is 0.268 e. The van der Waals surface area contributed by atoms with Gasteiger partial charge in [0.25, 0.3) is 5.91 Å². The molecule has 0 unspecified atom stereocenters. The predicted octanol–water partition coefficient (Wildman–Crippen LogP) is 3.77. The Morgan fingerprint density at radius 3 is 2.61 bits per heavy atom. The van der Waals surface area contributed by atoms with Crippen molar-refractivity contribution >= 4 is 23.1 Å². The average Bonchev–Trinajstić information content (AvgIpc) is 2.98. The number of ether oxygens (including phenoxy) is 1. The molecule has 3 rings (SSSR count). The van der Waals surface area contributed by atoms with Crippen molar-refractivity contribution in [3.05, 3.63) is 59.2 Å². The summed E-state index contributed by atoms with van der Waals surface area (Å²) >= 11 is 1.36. The van der Waals surface area contributed by atoms with E-state index in [0.29, 0.717) is 16.4 Å². The number of amides is 1. The second kappa shape index (κ2) is 6.58. The molecule has 0 aliphatic rings. The molecule has 1 aromatic carbocycles. The largest absolute Gasteiger partial charge is 0.497 e. The van der Waals surface area contributed by atoms with Gasteiger partial charge >= 0.3 is 0 Å². The van der Waals surface area contributed by atoms with Gasteiger partial charge in [0.05, 0.1) is 12.8 Å². The van der Waals surface area contributed by atoms with Gasteiger partial charge in [-0.2, -0.15) is 0 Å². The van der Waals surface area contributed by atoms with E-state index in [1.807, 2.05) is 37.3 Å². The number of anilines is 1. The number of aryl methyl sites for hydroxylation is 1. The SMILES string of the molecule is COc1ccc(-c2nc(C)c(C(=O)Nc3ccccn3)s2)cc1. The summed E-state index contributed by atoms with van der Waals surface area (Å²) in [6.45, 7) is 1.83. The lowest BCUT2D eigenvalue weighted by molar-refractivity contribution is 0.102. The fraction of sp³-hybridized carbons (Fsp3) is 0.118. The zero-order chi connectivity index (χ0) is 16.2. The van der Waals surface area contributed by atoms with E-state index in [4.69, 9.17) is 4.74 Å². The summed E-state index contributed by atoms with van der Waals surface area (Å²) in [5.41, 5.74) is 1.66. The second-order valence-corrected chi connectivity index (χ2v) is 5.83. The molecule has 0 radical (unpaired) electrons. The van der Waals surface area contributed by atoms with E-state index in [9.17, 15) is 4.79 Å². The van der Waals surface area contributed by atoms with Gasteiger partial charge in [0.2, 0.25) is 0 Å². The van der Waals surface area contributed by atoms with Crippen LogP contribution in [0.15, 0.2) is 48.7 Å². The number of thiazole rings is 1. The summed E-state index contributed by atoms with van der Waals surface area (Å²) in [5, 5.41) is 3.58. The van der Waals surface area contributed by atoms with Gasteiger partial charge in [-0.1, -0.05) is 6.07 Å². The number of pyridine rings is 1. The third-order valence-electron chi connectivity index (χ3n) is 3.25. The summed E-state index contributed by atoms with van der Waals surface area (Å²) in [7, 11) is 1.63. The van der Waals surface area contributed by atoms with E-state index in [1.54, 1.807) is 25.4 Å². The average molecular weight is 325 g/mol. The standard InChI is InChI=1S/C17H15N3O2S/c1-11-15(16(21)20-14-5-3-4-10-18-14)23-17(19-11)12-6-8-13(22-2)9-7-12/h3-10H,1-2H3,(H,18,20,21). The highest BCUT2D eigenvalue weighted by atomic mass is 32.1. The van der Waals surface area contributed by atoms with Crippen LogP contribution in [0.4, 0.5) is 5.82 Å². The van der Waals surface area contributed by atoms with Gasteiger partial charge in [0.15, 0.2) is 0 Å². The number of benzene rings is 1. The molecule has 0 atom stereocenters. The first-order valence-corrected chi connectivity index (χ1v) is 7.83. The van der Waals surface area contributed by atoms with Crippen molar-refractivity contribution in [1.29, 1.82) is 0 Å². The molecule has 2 aromatic heterocycles. The van der Waals surface area contributed by atoms with Crippen molar-refractivity contribution in [2.45, 2.75) is 6.92 Å². The molecule has 2 heterocycles. The maximum Gasteiger partial charge on any atom is 0.268 e. The molecular weight excluding hydrogens is 310 g/mol. The van der Waals surface area contributed by atoms with Crippen molar-refractivity contribution in [2.24, 2.45) is 0 Å². The highest BCUT2D eigenvalue weighted by Gasteiger charge is 2.16. The minimum absolute atomic E-state index is 0.196. The second-order valence-electron chi connectivity index (χ2n) is 4.83. The van der Waals surface area contributed by atoms with Gasteiger partial charge < -0.3 is 10.1 Å². The quantitative estimate of drug-likeness (QED) is 0.793. The molecular formula is C17H15N3O2S. The lowest BCUT2D eigenvalue weighted by Crippen LogP contribution is -2.12. The molecule has 0 fully saturated rings. The molecule has 23 heavy (non-hydrogen) atoms. The maximum atomic E-state index is 12.4. The normalized spacial score (nSPS) is 10.3. The Bertz CT molecular complexity index is 814. The van der Waals surface area contributed by atoms with E-state index in [2.05, 4.69) is 15.3 Å². The van der Waals surface area contributed by atoms with Crippen molar-refractivity contribution in [3.8, 4) is 16.3 Å². The molecule has 0 saturated heterocycles. The van der Waals surface area contributed by atoms with Crippen LogP contribution in [0, 0.1) is 6.92 Å². The molecule has 0 saturated carbocycles. The first-order chi connectivity index (χ1) is 11.2. The van der Waals surface area contributed by atoms with Crippen LogP contribution in [-0.2, 0) is 0 Å². The summed E-state index contributed by atoms with van der Waals surface area (Å²) in [6, 6.07) is 13.0. The number of nitrogens with one attached hydrogen (secondary N) is 1. The fourth-order valence-corrected chi connectivity index (χ4v) is 3.04. The molecule has 3 aromatic rings. The van der Waals surface area contributed by atoms with Crippen LogP contribution >= 0.6 is 11.3 Å². The van der Waals surface area contributed by atoms with Crippen LogP contribution in [0.25, 0.3) is 10.6 Å². The fourth-order valence-electron chi connectivity index (χ4n) is 2.07. The highest BCUT2D eigenvalue weighted by molar-refractivity contribution is 7.17. The number of nitrogens with zero attached hydrogens (tertiary/aromatic N) is 2. The van der Waals surface area contributed by atoms with Gasteiger partial charge in [-0.25, -0.2) is 9.97 Å². The molecule has 0 aliphatic heterocycles. The van der Waals surface area contributed by atoms with Gasteiger partial charge in [0.1, 0.15) is 21.5 Å². The monoisotopic (exact) mass is 325 g/mol. The number of aromatic nitrogens is 2. The Labute approximate surface area is 138 Å². The lowest BCUT2D eigenvalue weighted by atomic mass is 10.2. The number of carbonyl (C=O) groups excluding carboxylic acids is 1. The summed E-state index contributed by atoms with van der Waals surface area (Å²) in [4.78, 5) is 21.6. The number of hydrogen-bond donors (Lipinski definition) is 1. The molecule has 1 N–H and O–H groups in total. The van der Waals surface area contributed by atoms with Gasteiger partial charge in [-0.3, -0.25) is 4.79 Å². The van der Waals surface area contributed by atoms with E-state index >= 15 is 0 Å². The Balaban J connectivity index is 1.84. The Hall–Kier alpha value is -2.73. The van der Waals surface area contributed by atoms with E-state index in [1.165, 1.54) is 11.3 Å². The zero-order valence-electron chi connectivity index (χ0n) is 12.7. The van der Waals surface area contributed by atoms with Crippen LogP contribution in [0.5, 0.6) is 5.75 Å². The number of methoxy groups -OCH3 is 1. The third-order valence-corrected chi connectivity index (χ3v) is 4.45. The van der Waals surface area contributed by atoms with Crippen molar-refractivity contribution < 1.29 is 9.53 Å². The van der Waals surface area contributed by atoms with Crippen molar-refractivity contribution in [3.63, 3.8) is 0 Å². The molecule has 6 heteroatoms. The van der Waals surface area contributed by atoms with Gasteiger partial charge in [-0.05, 0) is 43.3 Å². The first kappa shape index (κ1) is 15.2. The van der Waals surface area contributed by atoms with Crippen molar-refractivity contribution in [1.82, 2.24) is 9.97 Å². The zero-order valence-corrected chi connectivity index (χ0v) is 13.6. The molecule has 0 spiro atoms. The summed E-state index contributed by atoms with van der Waals surface area (Å²) in [6.07, 6.45) is 1.64. The van der Waals surface area contributed by atoms with E-state index in [-0.39, 0.29) is 5.91 Å². The van der Waals surface area contributed by atoms with E-state index in [0.717, 1.165) is 16.3 Å². The molecule has 0 bridgehead atoms. The first-order valence-electron chi connectivity index (χ1n) is 7.01. The molecule has 5 nitrogen and oxygen atoms in total. The minimum atomic E-state index is -0.196. The van der Waals surface area contributed by atoms with Crippen LogP contribution in [-0.4, -0.2) is 23.0 Å².